The molecule has 0 spiro atoms. The molecule has 2 aliphatic rings. The minimum absolute atomic E-state index is 0. The first kappa shape index (κ1) is 24.2. The first-order chi connectivity index (χ1) is 14.8. The molecule has 2 fully saturated rings. The molecular weight excluding hydrogens is 434 g/mol. The second kappa shape index (κ2) is 12.0. The number of ether oxygens (including phenoxy) is 2. The lowest BCUT2D eigenvalue weighted by Gasteiger charge is -2.30. The number of fused-ring (bicyclic) bond motifs is 1. The molecule has 1 amide bonds. The Kier molecular flexibility index (Phi) is 9.38. The van der Waals surface area contributed by atoms with Crippen molar-refractivity contribution in [1.29, 1.82) is 0 Å². The predicted octanol–water partition coefficient (Wildman–Crippen LogP) is 4.75. The quantitative estimate of drug-likeness (QED) is 0.560. The fraction of sp³-hybridized carbons (Fsp3) is 0.652. The van der Waals surface area contributed by atoms with Gasteiger partial charge in [0, 0.05) is 32.1 Å². The van der Waals surface area contributed by atoms with Crippen molar-refractivity contribution >= 4 is 45.0 Å². The zero-order chi connectivity index (χ0) is 20.8. The standard InChI is InChI=1S/C23H33N3O3S.ClH/c1-2-29-19-10-6-11-20-21(19)24-23(30-20)26(22(27)18-8-4-3-5-9-18)13-7-12-25-14-16-28-17-15-25;/h6,10-11,18H,2-5,7-9,12-17H2,1H3;1H. The molecule has 0 N–H and O–H groups in total. The molecule has 1 aromatic heterocycles. The molecule has 1 saturated heterocycles. The van der Waals surface area contributed by atoms with Crippen molar-refractivity contribution in [3.05, 3.63) is 18.2 Å². The van der Waals surface area contributed by atoms with E-state index in [2.05, 4.69) is 11.0 Å². The van der Waals surface area contributed by atoms with Crippen LogP contribution in [0.5, 0.6) is 5.75 Å². The summed E-state index contributed by atoms with van der Waals surface area (Å²) < 4.78 is 12.3. The number of carbonyl (C=O) groups excluding carboxylic acids is 1. The van der Waals surface area contributed by atoms with Gasteiger partial charge in [0.1, 0.15) is 11.3 Å². The first-order valence-corrected chi connectivity index (χ1v) is 12.2. The minimum Gasteiger partial charge on any atom is -0.492 e. The van der Waals surface area contributed by atoms with E-state index in [1.54, 1.807) is 11.3 Å². The molecule has 31 heavy (non-hydrogen) atoms. The summed E-state index contributed by atoms with van der Waals surface area (Å²) in [7, 11) is 0. The lowest BCUT2D eigenvalue weighted by molar-refractivity contribution is -0.123. The number of para-hydroxylation sites is 1. The number of rotatable bonds is 8. The molecule has 6 nitrogen and oxygen atoms in total. The van der Waals surface area contributed by atoms with Gasteiger partial charge in [-0.1, -0.05) is 36.7 Å². The van der Waals surface area contributed by atoms with Crippen LogP contribution in [0.25, 0.3) is 10.2 Å². The number of nitrogens with zero attached hydrogens (tertiary/aromatic N) is 3. The van der Waals surface area contributed by atoms with Gasteiger partial charge < -0.3 is 9.47 Å². The van der Waals surface area contributed by atoms with E-state index in [9.17, 15) is 4.79 Å². The van der Waals surface area contributed by atoms with Gasteiger partial charge >= 0.3 is 0 Å². The van der Waals surface area contributed by atoms with Crippen LogP contribution >= 0.6 is 23.7 Å². The van der Waals surface area contributed by atoms with Crippen molar-refractivity contribution in [1.82, 2.24) is 9.88 Å². The van der Waals surface area contributed by atoms with Crippen LogP contribution in [0.1, 0.15) is 45.4 Å². The Morgan fingerprint density at radius 3 is 2.77 bits per heavy atom. The van der Waals surface area contributed by atoms with Gasteiger partial charge in [-0.15, -0.1) is 12.4 Å². The van der Waals surface area contributed by atoms with Gasteiger partial charge in [0.2, 0.25) is 5.91 Å². The van der Waals surface area contributed by atoms with Crippen LogP contribution in [-0.2, 0) is 9.53 Å². The number of halogens is 1. The first-order valence-electron chi connectivity index (χ1n) is 11.4. The Morgan fingerprint density at radius 1 is 1.26 bits per heavy atom. The van der Waals surface area contributed by atoms with Crippen molar-refractivity contribution in [2.45, 2.75) is 45.4 Å². The zero-order valence-corrected chi connectivity index (χ0v) is 20.0. The highest BCUT2D eigenvalue weighted by Crippen LogP contribution is 2.36. The third-order valence-electron chi connectivity index (χ3n) is 6.08. The zero-order valence-electron chi connectivity index (χ0n) is 18.4. The highest BCUT2D eigenvalue weighted by Gasteiger charge is 2.29. The van der Waals surface area contributed by atoms with Crippen LogP contribution in [0.3, 0.4) is 0 Å². The van der Waals surface area contributed by atoms with Gasteiger partial charge in [-0.3, -0.25) is 14.6 Å². The number of benzene rings is 1. The number of thiazole rings is 1. The lowest BCUT2D eigenvalue weighted by Crippen LogP contribution is -2.41. The monoisotopic (exact) mass is 467 g/mol. The van der Waals surface area contributed by atoms with E-state index in [1.165, 1.54) is 6.42 Å². The lowest BCUT2D eigenvalue weighted by atomic mass is 9.88. The molecule has 0 atom stereocenters. The van der Waals surface area contributed by atoms with E-state index in [4.69, 9.17) is 14.5 Å². The van der Waals surface area contributed by atoms with E-state index < -0.39 is 0 Å². The van der Waals surface area contributed by atoms with Gasteiger partial charge in [0.15, 0.2) is 5.13 Å². The Hall–Kier alpha value is -1.41. The maximum absolute atomic E-state index is 13.5. The van der Waals surface area contributed by atoms with E-state index in [0.29, 0.717) is 6.61 Å². The van der Waals surface area contributed by atoms with Crippen LogP contribution < -0.4 is 9.64 Å². The summed E-state index contributed by atoms with van der Waals surface area (Å²) in [6.07, 6.45) is 6.53. The third kappa shape index (κ3) is 6.09. The highest BCUT2D eigenvalue weighted by molar-refractivity contribution is 7.22. The van der Waals surface area contributed by atoms with Crippen molar-refractivity contribution in [3.8, 4) is 5.75 Å². The maximum atomic E-state index is 13.5. The molecule has 8 heteroatoms. The number of carbonyl (C=O) groups is 1. The number of aromatic nitrogens is 1. The Labute approximate surface area is 195 Å². The molecule has 0 unspecified atom stereocenters. The van der Waals surface area contributed by atoms with Gasteiger partial charge in [-0.05, 0) is 38.3 Å². The number of amides is 1. The second-order valence-electron chi connectivity index (χ2n) is 8.16. The molecule has 1 aliphatic heterocycles. The number of hydrogen-bond acceptors (Lipinski definition) is 6. The number of morpholine rings is 1. The third-order valence-corrected chi connectivity index (χ3v) is 7.13. The largest absolute Gasteiger partial charge is 0.492 e. The topological polar surface area (TPSA) is 54.9 Å². The van der Waals surface area contributed by atoms with Crippen molar-refractivity contribution in [3.63, 3.8) is 0 Å². The minimum atomic E-state index is 0. The highest BCUT2D eigenvalue weighted by atomic mass is 35.5. The Bertz CT molecular complexity index is 835. The fourth-order valence-corrected chi connectivity index (χ4v) is 5.46. The van der Waals surface area contributed by atoms with E-state index in [-0.39, 0.29) is 24.2 Å². The average Bonchev–Trinajstić information content (AvgIpc) is 3.23. The molecule has 1 saturated carbocycles. The molecule has 4 rings (SSSR count). The molecule has 2 aromatic rings. The molecule has 1 aromatic carbocycles. The fourth-order valence-electron chi connectivity index (χ4n) is 4.45. The molecular formula is C23H34ClN3O3S. The summed E-state index contributed by atoms with van der Waals surface area (Å²) in [6, 6.07) is 6.03. The van der Waals surface area contributed by atoms with Crippen LogP contribution in [0, 0.1) is 5.92 Å². The summed E-state index contributed by atoms with van der Waals surface area (Å²) in [5.74, 6) is 1.20. The van der Waals surface area contributed by atoms with E-state index >= 15 is 0 Å². The Morgan fingerprint density at radius 2 is 2.03 bits per heavy atom. The number of anilines is 1. The van der Waals surface area contributed by atoms with Crippen molar-refractivity contribution < 1.29 is 14.3 Å². The molecule has 0 bridgehead atoms. The summed E-state index contributed by atoms with van der Waals surface area (Å²) in [5, 5.41) is 0.815. The maximum Gasteiger partial charge on any atom is 0.231 e. The van der Waals surface area contributed by atoms with Crippen LogP contribution in [0.2, 0.25) is 0 Å². The van der Waals surface area contributed by atoms with Crippen molar-refractivity contribution in [2.75, 3.05) is 50.9 Å². The number of hydrogen-bond donors (Lipinski definition) is 0. The van der Waals surface area contributed by atoms with Gasteiger partial charge in [-0.25, -0.2) is 4.98 Å². The summed E-state index contributed by atoms with van der Waals surface area (Å²) in [4.78, 5) is 22.8. The summed E-state index contributed by atoms with van der Waals surface area (Å²) >= 11 is 1.60. The van der Waals surface area contributed by atoms with Gasteiger partial charge in [0.05, 0.1) is 24.5 Å². The van der Waals surface area contributed by atoms with E-state index in [0.717, 1.165) is 92.6 Å². The molecule has 1 aliphatic carbocycles. The van der Waals surface area contributed by atoms with Gasteiger partial charge in [0.25, 0.3) is 0 Å². The smallest absolute Gasteiger partial charge is 0.231 e. The molecule has 0 radical (unpaired) electrons. The summed E-state index contributed by atoms with van der Waals surface area (Å²) in [5.41, 5.74) is 0.869. The Balaban J connectivity index is 0.00000272. The van der Waals surface area contributed by atoms with E-state index in [1.807, 2.05) is 24.0 Å². The SMILES string of the molecule is CCOc1cccc2sc(N(CCCN3CCOCC3)C(=O)C3CCCCC3)nc12.Cl. The van der Waals surface area contributed by atoms with Crippen LogP contribution in [-0.4, -0.2) is 61.8 Å². The second-order valence-corrected chi connectivity index (χ2v) is 9.17. The predicted molar refractivity (Wildman–Crippen MR) is 129 cm³/mol. The summed E-state index contributed by atoms with van der Waals surface area (Å²) in [6.45, 7) is 7.88. The van der Waals surface area contributed by atoms with Crippen LogP contribution in [0.4, 0.5) is 5.13 Å². The van der Waals surface area contributed by atoms with Crippen molar-refractivity contribution in [2.24, 2.45) is 5.92 Å². The average molecular weight is 468 g/mol. The normalized spacial score (nSPS) is 18.0. The van der Waals surface area contributed by atoms with Crippen LogP contribution in [0.15, 0.2) is 18.2 Å². The molecule has 2 heterocycles. The molecule has 172 valence electrons. The van der Waals surface area contributed by atoms with Gasteiger partial charge in [-0.2, -0.15) is 0 Å².